The van der Waals surface area contributed by atoms with Gasteiger partial charge in [-0.3, -0.25) is 0 Å². The maximum atomic E-state index is 2.65. The van der Waals surface area contributed by atoms with Gasteiger partial charge in [-0.2, -0.15) is 0 Å². The van der Waals surface area contributed by atoms with Crippen LogP contribution in [0.4, 0.5) is 34.1 Å². The summed E-state index contributed by atoms with van der Waals surface area (Å²) in [5, 5.41) is 5.31. The number of rotatable bonds is 8. The molecule has 4 aliphatic carbocycles. The lowest BCUT2D eigenvalue weighted by molar-refractivity contribution is 0.420. The number of fused-ring (bicyclic) bond motifs is 6. The Bertz CT molecular complexity index is 2690. The summed E-state index contributed by atoms with van der Waals surface area (Å²) in [7, 11) is 0. The quantitative estimate of drug-likeness (QED) is 0.112. The molecule has 0 saturated heterocycles. The van der Waals surface area contributed by atoms with Gasteiger partial charge in [0.1, 0.15) is 0 Å². The van der Waals surface area contributed by atoms with Crippen molar-refractivity contribution in [2.45, 2.75) is 97.8 Å². The zero-order chi connectivity index (χ0) is 39.9. The van der Waals surface area contributed by atoms with E-state index in [1.807, 2.05) is 0 Å². The van der Waals surface area contributed by atoms with E-state index < -0.39 is 0 Å². The van der Waals surface area contributed by atoms with Gasteiger partial charge >= 0.3 is 0 Å². The Hall–Kier alpha value is -5.34. The van der Waals surface area contributed by atoms with Crippen LogP contribution in [0.5, 0.6) is 0 Å². The molecule has 4 fully saturated rings. The van der Waals surface area contributed by atoms with E-state index in [1.165, 1.54) is 146 Å². The second-order valence-corrected chi connectivity index (χ2v) is 19.4. The van der Waals surface area contributed by atoms with E-state index in [4.69, 9.17) is 0 Å². The van der Waals surface area contributed by atoms with Gasteiger partial charge in [0.25, 0.3) is 0 Å². The van der Waals surface area contributed by atoms with Crippen LogP contribution in [0.25, 0.3) is 21.5 Å². The van der Waals surface area contributed by atoms with Gasteiger partial charge in [-0.05, 0) is 208 Å². The maximum Gasteiger partial charge on any atom is 0.0620 e. The van der Waals surface area contributed by atoms with Crippen molar-refractivity contribution < 1.29 is 0 Å². The van der Waals surface area contributed by atoms with Gasteiger partial charge < -0.3 is 9.80 Å². The Labute approximate surface area is 351 Å². The minimum Gasteiger partial charge on any atom is -0.309 e. The molecule has 296 valence electrons. The van der Waals surface area contributed by atoms with Crippen molar-refractivity contribution in [1.29, 1.82) is 0 Å². The van der Waals surface area contributed by atoms with Crippen LogP contribution >= 0.6 is 0 Å². The number of hydrogen-bond acceptors (Lipinski definition) is 2. The lowest BCUT2D eigenvalue weighted by atomic mass is 9.81. The zero-order valence-electron chi connectivity index (χ0n) is 35.6. The van der Waals surface area contributed by atoms with Crippen molar-refractivity contribution in [3.63, 3.8) is 0 Å². The van der Waals surface area contributed by atoms with Crippen molar-refractivity contribution in [1.82, 2.24) is 0 Å². The molecule has 4 saturated carbocycles. The molecule has 2 heteroatoms. The van der Waals surface area contributed by atoms with Gasteiger partial charge in [0.05, 0.1) is 11.4 Å². The lowest BCUT2D eigenvalue weighted by Gasteiger charge is -2.34. The van der Waals surface area contributed by atoms with Crippen molar-refractivity contribution in [3.8, 4) is 0 Å². The molecule has 6 unspecified atom stereocenters. The summed E-state index contributed by atoms with van der Waals surface area (Å²) in [5.74, 6) is 4.62. The first-order valence-electron chi connectivity index (χ1n) is 22.7. The summed E-state index contributed by atoms with van der Waals surface area (Å²) in [5.41, 5.74) is 16.9. The third-order valence-corrected chi connectivity index (χ3v) is 15.1. The van der Waals surface area contributed by atoms with Crippen molar-refractivity contribution in [3.05, 3.63) is 166 Å². The zero-order valence-corrected chi connectivity index (χ0v) is 35.6. The SMILES string of the molecule is Cc1cccc(N(c2cccc(C)c2)c2c3ccc(C4CC5CCC4C5)cc3c(N(c3cccc(C)c3)c3cc(C)cc(C)c3)c3ccc(C4CC5CCC4C5)cc23)c1. The van der Waals surface area contributed by atoms with Gasteiger partial charge in [0, 0.05) is 44.3 Å². The molecule has 4 bridgehead atoms. The van der Waals surface area contributed by atoms with Crippen LogP contribution in [0.15, 0.2) is 127 Å². The van der Waals surface area contributed by atoms with Crippen LogP contribution in [0.2, 0.25) is 0 Å². The summed E-state index contributed by atoms with van der Waals surface area (Å²) in [6, 6.07) is 50.1. The van der Waals surface area contributed by atoms with Crippen LogP contribution in [0.3, 0.4) is 0 Å². The Kier molecular flexibility index (Phi) is 8.99. The first-order chi connectivity index (χ1) is 28.7. The number of anilines is 6. The number of aryl methyl sites for hydroxylation is 5. The fraction of sp³-hybridized carbons (Fsp3) is 0.333. The fourth-order valence-corrected chi connectivity index (χ4v) is 12.7. The molecule has 0 heterocycles. The summed E-state index contributed by atoms with van der Waals surface area (Å²) < 4.78 is 0. The second-order valence-electron chi connectivity index (χ2n) is 19.4. The highest BCUT2D eigenvalue weighted by Crippen LogP contribution is 2.58. The van der Waals surface area contributed by atoms with Gasteiger partial charge in [-0.1, -0.05) is 79.6 Å². The van der Waals surface area contributed by atoms with Crippen LogP contribution in [-0.2, 0) is 0 Å². The van der Waals surface area contributed by atoms with E-state index >= 15 is 0 Å². The van der Waals surface area contributed by atoms with E-state index in [0.29, 0.717) is 11.8 Å². The average Bonchev–Trinajstić information content (AvgIpc) is 4.06. The Balaban J connectivity index is 1.29. The Morgan fingerprint density at radius 2 is 0.763 bits per heavy atom. The van der Waals surface area contributed by atoms with E-state index in [-0.39, 0.29) is 0 Å². The minimum absolute atomic E-state index is 0.628. The molecule has 7 aromatic carbocycles. The molecular weight excluding hydrogens is 713 g/mol. The second kappa shape index (κ2) is 14.4. The van der Waals surface area contributed by atoms with Crippen LogP contribution in [0, 0.1) is 58.3 Å². The molecular formula is C57H58N2. The third-order valence-electron chi connectivity index (χ3n) is 15.1. The summed E-state index contributed by atoms with van der Waals surface area (Å²) in [6.45, 7) is 11.2. The summed E-state index contributed by atoms with van der Waals surface area (Å²) in [6.07, 6.45) is 11.0. The molecule has 0 aliphatic heterocycles. The standard InChI is InChI=1S/C57H58N2/c1-35-9-6-12-46(24-35)58(47-13-7-10-36(2)25-47)56-50-21-19-45(53-32-41-16-18-43(53)30-41)34-55(50)57(51-22-20-44(33-54(51)56)52-31-40-15-17-42(52)29-40)59(48-14-8-11-37(3)26-48)49-27-38(4)23-39(5)28-49/h6-14,19-28,33-34,40-43,52-53H,15-18,29-32H2,1-5H3. The van der Waals surface area contributed by atoms with Crippen molar-refractivity contribution in [2.75, 3.05) is 9.80 Å². The predicted molar refractivity (Wildman–Crippen MR) is 251 cm³/mol. The number of benzene rings is 7. The first-order valence-corrected chi connectivity index (χ1v) is 22.7. The fourth-order valence-electron chi connectivity index (χ4n) is 12.7. The van der Waals surface area contributed by atoms with Crippen LogP contribution in [0.1, 0.15) is 102 Å². The molecule has 59 heavy (non-hydrogen) atoms. The van der Waals surface area contributed by atoms with Crippen LogP contribution < -0.4 is 9.80 Å². The molecule has 0 N–H and O–H groups in total. The molecule has 0 spiro atoms. The summed E-state index contributed by atoms with van der Waals surface area (Å²) in [4.78, 5) is 5.22. The van der Waals surface area contributed by atoms with E-state index in [1.54, 1.807) is 0 Å². The van der Waals surface area contributed by atoms with Crippen LogP contribution in [-0.4, -0.2) is 0 Å². The molecule has 6 atom stereocenters. The molecule has 2 nitrogen and oxygen atoms in total. The Morgan fingerprint density at radius 1 is 0.356 bits per heavy atom. The van der Waals surface area contributed by atoms with Gasteiger partial charge in [-0.25, -0.2) is 0 Å². The molecule has 0 radical (unpaired) electrons. The highest BCUT2D eigenvalue weighted by molar-refractivity contribution is 6.23. The van der Waals surface area contributed by atoms with Gasteiger partial charge in [-0.15, -0.1) is 0 Å². The smallest absolute Gasteiger partial charge is 0.0620 e. The molecule has 7 aromatic rings. The normalized spacial score (nSPS) is 23.1. The van der Waals surface area contributed by atoms with Crippen molar-refractivity contribution in [2.24, 2.45) is 23.7 Å². The lowest BCUT2D eigenvalue weighted by Crippen LogP contribution is -2.16. The van der Waals surface area contributed by atoms with E-state index in [2.05, 4.69) is 172 Å². The highest BCUT2D eigenvalue weighted by atomic mass is 15.2. The predicted octanol–water partition coefficient (Wildman–Crippen LogP) is 16.3. The van der Waals surface area contributed by atoms with E-state index in [0.717, 1.165) is 23.7 Å². The van der Waals surface area contributed by atoms with Gasteiger partial charge in [0.2, 0.25) is 0 Å². The highest BCUT2D eigenvalue weighted by Gasteiger charge is 2.42. The average molecular weight is 771 g/mol. The Morgan fingerprint density at radius 3 is 1.14 bits per heavy atom. The maximum absolute atomic E-state index is 2.65. The molecule has 4 aliphatic rings. The van der Waals surface area contributed by atoms with Crippen molar-refractivity contribution >= 4 is 55.7 Å². The van der Waals surface area contributed by atoms with Gasteiger partial charge in [0.15, 0.2) is 0 Å². The largest absolute Gasteiger partial charge is 0.309 e. The number of nitrogens with zero attached hydrogens (tertiary/aromatic N) is 2. The number of hydrogen-bond donors (Lipinski definition) is 0. The third kappa shape index (κ3) is 6.46. The first kappa shape index (κ1) is 36.7. The summed E-state index contributed by atoms with van der Waals surface area (Å²) >= 11 is 0. The molecule has 0 amide bonds. The van der Waals surface area contributed by atoms with E-state index in [9.17, 15) is 0 Å². The monoisotopic (exact) mass is 770 g/mol. The molecule has 0 aromatic heterocycles. The topological polar surface area (TPSA) is 6.48 Å². The molecule has 11 rings (SSSR count). The minimum atomic E-state index is 0.628.